The van der Waals surface area contributed by atoms with Crippen LogP contribution in [0.5, 0.6) is 0 Å². The molecule has 0 atom stereocenters. The van der Waals surface area contributed by atoms with Gasteiger partial charge in [-0.15, -0.1) is 0 Å². The van der Waals surface area contributed by atoms with Crippen LogP contribution in [0.4, 0.5) is 8.78 Å². The van der Waals surface area contributed by atoms with Crippen molar-refractivity contribution in [1.29, 1.82) is 0 Å². The lowest BCUT2D eigenvalue weighted by Gasteiger charge is -2.33. The van der Waals surface area contributed by atoms with Crippen molar-refractivity contribution in [2.75, 3.05) is 0 Å². The van der Waals surface area contributed by atoms with E-state index in [1.807, 2.05) is 6.92 Å². The summed E-state index contributed by atoms with van der Waals surface area (Å²) in [4.78, 5) is 0. The van der Waals surface area contributed by atoms with Gasteiger partial charge in [0.15, 0.2) is 0 Å². The average molecular weight is 225 g/mol. The third kappa shape index (κ3) is 1.73. The van der Waals surface area contributed by atoms with Crippen molar-refractivity contribution in [1.82, 2.24) is 0 Å². The van der Waals surface area contributed by atoms with E-state index in [1.54, 1.807) is 12.1 Å². The van der Waals surface area contributed by atoms with Crippen molar-refractivity contribution in [2.24, 2.45) is 5.73 Å². The fourth-order valence-electron chi connectivity index (χ4n) is 2.37. The third-order valence-electron chi connectivity index (χ3n) is 3.54. The molecular weight excluding hydrogens is 208 g/mol. The van der Waals surface area contributed by atoms with E-state index in [1.165, 1.54) is 12.1 Å². The van der Waals surface area contributed by atoms with E-state index in [9.17, 15) is 8.78 Å². The van der Waals surface area contributed by atoms with Crippen molar-refractivity contribution < 1.29 is 8.78 Å². The number of rotatable bonds is 2. The summed E-state index contributed by atoms with van der Waals surface area (Å²) >= 11 is 0. The third-order valence-corrected chi connectivity index (χ3v) is 3.54. The highest BCUT2D eigenvalue weighted by atomic mass is 19.3. The van der Waals surface area contributed by atoms with Crippen LogP contribution in [0.3, 0.4) is 0 Å². The first-order chi connectivity index (χ1) is 7.46. The lowest BCUT2D eigenvalue weighted by molar-refractivity contribution is -0.0794. The van der Waals surface area contributed by atoms with E-state index >= 15 is 0 Å². The molecule has 0 unspecified atom stereocenters. The SMILES string of the molecule is Cc1ccc(C(F)(F)C2(N)CCCC2)cc1. The van der Waals surface area contributed by atoms with Gasteiger partial charge in [-0.2, -0.15) is 8.78 Å². The Hall–Kier alpha value is -0.960. The Morgan fingerprint density at radius 1 is 1.12 bits per heavy atom. The molecule has 1 aliphatic carbocycles. The molecule has 0 amide bonds. The molecule has 3 heteroatoms. The fraction of sp³-hybridized carbons (Fsp3) is 0.538. The second-order valence-electron chi connectivity index (χ2n) is 4.80. The molecule has 0 bridgehead atoms. The minimum atomic E-state index is -2.92. The minimum Gasteiger partial charge on any atom is -0.320 e. The summed E-state index contributed by atoms with van der Waals surface area (Å²) in [5.41, 5.74) is 5.54. The van der Waals surface area contributed by atoms with Gasteiger partial charge in [-0.3, -0.25) is 0 Å². The largest absolute Gasteiger partial charge is 0.320 e. The Kier molecular flexibility index (Phi) is 2.74. The summed E-state index contributed by atoms with van der Waals surface area (Å²) in [5.74, 6) is -2.92. The molecule has 1 nitrogen and oxygen atoms in total. The smallest absolute Gasteiger partial charge is 0.290 e. The minimum absolute atomic E-state index is 0.0440. The summed E-state index contributed by atoms with van der Waals surface area (Å²) in [6, 6.07) is 6.40. The van der Waals surface area contributed by atoms with Crippen molar-refractivity contribution in [3.05, 3.63) is 35.4 Å². The Morgan fingerprint density at radius 2 is 1.62 bits per heavy atom. The maximum Gasteiger partial charge on any atom is 0.290 e. The molecular formula is C13H17F2N. The normalized spacial score (nSPS) is 20.0. The first kappa shape index (κ1) is 11.5. The molecule has 88 valence electrons. The number of benzene rings is 1. The number of halogens is 2. The molecule has 2 N–H and O–H groups in total. The first-order valence-electron chi connectivity index (χ1n) is 5.70. The Morgan fingerprint density at radius 3 is 2.12 bits per heavy atom. The van der Waals surface area contributed by atoms with Crippen LogP contribution in [0.2, 0.25) is 0 Å². The van der Waals surface area contributed by atoms with Gasteiger partial charge in [-0.25, -0.2) is 0 Å². The predicted molar refractivity (Wildman–Crippen MR) is 60.5 cm³/mol. The van der Waals surface area contributed by atoms with Gasteiger partial charge in [0.2, 0.25) is 0 Å². The molecule has 2 rings (SSSR count). The summed E-state index contributed by atoms with van der Waals surface area (Å²) in [5, 5.41) is 0. The number of hydrogen-bond acceptors (Lipinski definition) is 1. The molecule has 1 aromatic rings. The molecule has 0 aliphatic heterocycles. The molecule has 1 aromatic carbocycles. The molecule has 16 heavy (non-hydrogen) atoms. The topological polar surface area (TPSA) is 26.0 Å². The average Bonchev–Trinajstić information content (AvgIpc) is 2.67. The Bertz CT molecular complexity index is 364. The molecule has 0 radical (unpaired) electrons. The number of hydrogen-bond donors (Lipinski definition) is 1. The summed E-state index contributed by atoms with van der Waals surface area (Å²) in [6.45, 7) is 1.88. The monoisotopic (exact) mass is 225 g/mol. The quantitative estimate of drug-likeness (QED) is 0.820. The van der Waals surface area contributed by atoms with E-state index in [0.29, 0.717) is 12.8 Å². The first-order valence-corrected chi connectivity index (χ1v) is 5.70. The predicted octanol–water partition coefficient (Wildman–Crippen LogP) is 3.36. The van der Waals surface area contributed by atoms with Crippen LogP contribution in [0.1, 0.15) is 36.8 Å². The van der Waals surface area contributed by atoms with Gasteiger partial charge in [0.05, 0.1) is 5.54 Å². The van der Waals surface area contributed by atoms with Crippen molar-refractivity contribution in [3.63, 3.8) is 0 Å². The summed E-state index contributed by atoms with van der Waals surface area (Å²) in [7, 11) is 0. The van der Waals surface area contributed by atoms with Crippen LogP contribution in [0.15, 0.2) is 24.3 Å². The van der Waals surface area contributed by atoms with Gasteiger partial charge in [-0.1, -0.05) is 42.7 Å². The number of nitrogens with two attached hydrogens (primary N) is 1. The molecule has 0 saturated heterocycles. The van der Waals surface area contributed by atoms with Gasteiger partial charge in [-0.05, 0) is 19.8 Å². The van der Waals surface area contributed by atoms with Gasteiger partial charge in [0.1, 0.15) is 0 Å². The Balaban J connectivity index is 2.34. The summed E-state index contributed by atoms with van der Waals surface area (Å²) in [6.07, 6.45) is 2.43. The number of alkyl halides is 2. The Labute approximate surface area is 94.7 Å². The van der Waals surface area contributed by atoms with Crippen LogP contribution in [0.25, 0.3) is 0 Å². The highest BCUT2D eigenvalue weighted by Gasteiger charge is 2.53. The molecule has 1 saturated carbocycles. The van der Waals surface area contributed by atoms with E-state index in [2.05, 4.69) is 0 Å². The van der Waals surface area contributed by atoms with Gasteiger partial charge >= 0.3 is 0 Å². The molecule has 1 fully saturated rings. The summed E-state index contributed by atoms with van der Waals surface area (Å²) < 4.78 is 28.5. The molecule has 0 aromatic heterocycles. The lowest BCUT2D eigenvalue weighted by atomic mass is 9.85. The van der Waals surface area contributed by atoms with Crippen molar-refractivity contribution in [3.8, 4) is 0 Å². The highest BCUT2D eigenvalue weighted by molar-refractivity contribution is 5.28. The number of aryl methyl sites for hydroxylation is 1. The van der Waals surface area contributed by atoms with Crippen LogP contribution < -0.4 is 5.73 Å². The fourth-order valence-corrected chi connectivity index (χ4v) is 2.37. The van der Waals surface area contributed by atoms with E-state index in [0.717, 1.165) is 18.4 Å². The second-order valence-corrected chi connectivity index (χ2v) is 4.80. The van der Waals surface area contributed by atoms with Gasteiger partial charge in [0, 0.05) is 5.56 Å². The maximum absolute atomic E-state index is 14.3. The van der Waals surface area contributed by atoms with E-state index in [4.69, 9.17) is 5.73 Å². The zero-order valence-corrected chi connectivity index (χ0v) is 9.47. The maximum atomic E-state index is 14.3. The van der Waals surface area contributed by atoms with E-state index < -0.39 is 11.5 Å². The van der Waals surface area contributed by atoms with Crippen LogP contribution in [-0.4, -0.2) is 5.54 Å². The zero-order valence-electron chi connectivity index (χ0n) is 9.47. The van der Waals surface area contributed by atoms with Crippen LogP contribution in [-0.2, 0) is 5.92 Å². The van der Waals surface area contributed by atoms with Crippen molar-refractivity contribution in [2.45, 2.75) is 44.1 Å². The second kappa shape index (κ2) is 3.81. The van der Waals surface area contributed by atoms with Crippen molar-refractivity contribution >= 4 is 0 Å². The van der Waals surface area contributed by atoms with Gasteiger partial charge in [0.25, 0.3) is 5.92 Å². The molecule has 1 aliphatic rings. The molecule has 0 spiro atoms. The standard InChI is InChI=1S/C13H17F2N/c1-10-4-6-11(7-5-10)13(14,15)12(16)8-2-3-9-12/h4-7H,2-3,8-9,16H2,1H3. The van der Waals surface area contributed by atoms with Crippen LogP contribution in [0, 0.1) is 6.92 Å². The van der Waals surface area contributed by atoms with E-state index in [-0.39, 0.29) is 5.56 Å². The van der Waals surface area contributed by atoms with Gasteiger partial charge < -0.3 is 5.73 Å². The zero-order chi connectivity index (χ0) is 11.8. The molecule has 0 heterocycles. The van der Waals surface area contributed by atoms with Crippen LogP contribution >= 0.6 is 0 Å². The highest BCUT2D eigenvalue weighted by Crippen LogP contribution is 2.46. The lowest BCUT2D eigenvalue weighted by Crippen LogP contribution is -2.51.